The maximum atomic E-state index is 13.2. The van der Waals surface area contributed by atoms with E-state index in [4.69, 9.17) is 4.74 Å². The number of thioether (sulfide) groups is 1. The lowest BCUT2D eigenvalue weighted by Gasteiger charge is -2.17. The Morgan fingerprint density at radius 1 is 1.17 bits per heavy atom. The Morgan fingerprint density at radius 2 is 2.03 bits per heavy atom. The minimum absolute atomic E-state index is 0.162. The smallest absolute Gasteiger partial charge is 0.242 e. The highest BCUT2D eigenvalue weighted by Gasteiger charge is 2.25. The summed E-state index contributed by atoms with van der Waals surface area (Å²) in [7, 11) is 1.59. The van der Waals surface area contributed by atoms with E-state index in [0.717, 1.165) is 10.4 Å². The highest BCUT2D eigenvalue weighted by molar-refractivity contribution is 8.00. The van der Waals surface area contributed by atoms with Gasteiger partial charge in [-0.3, -0.25) is 4.79 Å². The summed E-state index contributed by atoms with van der Waals surface area (Å²) in [6.45, 7) is 0.562. The number of anilines is 1. The van der Waals surface area contributed by atoms with E-state index in [1.807, 2.05) is 66.0 Å². The van der Waals surface area contributed by atoms with Gasteiger partial charge in [0.2, 0.25) is 11.1 Å². The standard InChI is InChI=1S/C21H19N5O2S2/c1-28-17-10-5-9-16(13-17)22-20(27)19(15-7-3-2-4-8-15)30-21-23-24-25-26(21)14-18-11-6-12-29-18/h2-13,19H,14H2,1H3,(H,22,27). The lowest BCUT2D eigenvalue weighted by molar-refractivity contribution is -0.115. The van der Waals surface area contributed by atoms with Gasteiger partial charge in [0.15, 0.2) is 0 Å². The first-order valence-corrected chi connectivity index (χ1v) is 10.9. The molecule has 0 fully saturated rings. The Bertz CT molecular complexity index is 1100. The molecule has 7 nitrogen and oxygen atoms in total. The molecule has 1 N–H and O–H groups in total. The summed E-state index contributed by atoms with van der Waals surface area (Å²) in [5, 5.41) is 17.1. The molecule has 0 saturated heterocycles. The van der Waals surface area contributed by atoms with Crippen molar-refractivity contribution in [1.82, 2.24) is 20.2 Å². The van der Waals surface area contributed by atoms with Crippen LogP contribution in [0.1, 0.15) is 15.7 Å². The Morgan fingerprint density at radius 3 is 2.80 bits per heavy atom. The number of nitrogens with zero attached hydrogens (tertiary/aromatic N) is 4. The molecule has 9 heteroatoms. The summed E-state index contributed by atoms with van der Waals surface area (Å²) < 4.78 is 6.96. The number of rotatable bonds is 8. The second kappa shape index (κ2) is 9.55. The molecule has 30 heavy (non-hydrogen) atoms. The van der Waals surface area contributed by atoms with Crippen LogP contribution in [-0.2, 0) is 11.3 Å². The first-order valence-electron chi connectivity index (χ1n) is 9.18. The van der Waals surface area contributed by atoms with Crippen molar-refractivity contribution in [2.45, 2.75) is 17.0 Å². The molecule has 2 aromatic heterocycles. The van der Waals surface area contributed by atoms with Crippen LogP contribution in [0.4, 0.5) is 5.69 Å². The Hall–Kier alpha value is -3.17. The first-order chi connectivity index (χ1) is 14.7. The maximum absolute atomic E-state index is 13.2. The van der Waals surface area contributed by atoms with Gasteiger partial charge >= 0.3 is 0 Å². The van der Waals surface area contributed by atoms with E-state index in [9.17, 15) is 4.79 Å². The molecular weight excluding hydrogens is 418 g/mol. The zero-order valence-corrected chi connectivity index (χ0v) is 17.8. The molecule has 2 heterocycles. The molecule has 1 atom stereocenters. The molecule has 0 aliphatic rings. The summed E-state index contributed by atoms with van der Waals surface area (Å²) in [6.07, 6.45) is 0. The molecule has 2 aromatic carbocycles. The molecule has 4 rings (SSSR count). The number of hydrogen-bond acceptors (Lipinski definition) is 7. The van der Waals surface area contributed by atoms with Crippen molar-refractivity contribution in [3.63, 3.8) is 0 Å². The van der Waals surface area contributed by atoms with Gasteiger partial charge in [0.05, 0.1) is 13.7 Å². The van der Waals surface area contributed by atoms with E-state index in [0.29, 0.717) is 23.1 Å². The average Bonchev–Trinajstić information content (AvgIpc) is 3.45. The van der Waals surface area contributed by atoms with Crippen molar-refractivity contribution in [2.75, 3.05) is 12.4 Å². The molecular formula is C21H19N5O2S2. The molecule has 0 spiro atoms. The van der Waals surface area contributed by atoms with E-state index in [1.54, 1.807) is 29.2 Å². The van der Waals surface area contributed by atoms with Gasteiger partial charge in [-0.05, 0) is 39.6 Å². The third-order valence-corrected chi connectivity index (χ3v) is 6.37. The van der Waals surface area contributed by atoms with Crippen LogP contribution < -0.4 is 10.1 Å². The van der Waals surface area contributed by atoms with Crippen LogP contribution in [0.25, 0.3) is 0 Å². The quantitative estimate of drug-likeness (QED) is 0.415. The van der Waals surface area contributed by atoms with Crippen LogP contribution in [-0.4, -0.2) is 33.2 Å². The van der Waals surface area contributed by atoms with E-state index in [1.165, 1.54) is 11.8 Å². The Balaban J connectivity index is 1.58. The number of carbonyl (C=O) groups excluding carboxylic acids is 1. The van der Waals surface area contributed by atoms with E-state index in [-0.39, 0.29) is 5.91 Å². The van der Waals surface area contributed by atoms with Crippen molar-refractivity contribution < 1.29 is 9.53 Å². The van der Waals surface area contributed by atoms with Crippen molar-refractivity contribution in [2.24, 2.45) is 0 Å². The zero-order chi connectivity index (χ0) is 20.8. The average molecular weight is 438 g/mol. The number of amides is 1. The molecule has 4 aromatic rings. The summed E-state index contributed by atoms with van der Waals surface area (Å²) in [5.74, 6) is 0.515. The van der Waals surface area contributed by atoms with Gasteiger partial charge in [-0.2, -0.15) is 0 Å². The van der Waals surface area contributed by atoms with E-state index >= 15 is 0 Å². The van der Waals surface area contributed by atoms with Gasteiger partial charge in [0.25, 0.3) is 0 Å². The van der Waals surface area contributed by atoms with Crippen LogP contribution in [0, 0.1) is 0 Å². The lowest BCUT2D eigenvalue weighted by Crippen LogP contribution is -2.19. The number of ether oxygens (including phenoxy) is 1. The second-order valence-electron chi connectivity index (χ2n) is 6.33. The molecule has 0 aliphatic heterocycles. The molecule has 152 valence electrons. The third kappa shape index (κ3) is 4.87. The fourth-order valence-electron chi connectivity index (χ4n) is 2.85. The number of carbonyl (C=O) groups is 1. The van der Waals surface area contributed by atoms with Crippen LogP contribution in [0.3, 0.4) is 0 Å². The molecule has 0 aliphatic carbocycles. The van der Waals surface area contributed by atoms with Gasteiger partial charge in [-0.25, -0.2) is 4.68 Å². The summed E-state index contributed by atoms with van der Waals surface area (Å²) in [6, 6.07) is 20.9. The molecule has 0 radical (unpaired) electrons. The third-order valence-electron chi connectivity index (χ3n) is 4.29. The highest BCUT2D eigenvalue weighted by atomic mass is 32.2. The van der Waals surface area contributed by atoms with Crippen molar-refractivity contribution in [3.8, 4) is 5.75 Å². The van der Waals surface area contributed by atoms with Crippen molar-refractivity contribution >= 4 is 34.7 Å². The molecule has 1 amide bonds. The number of aromatic nitrogens is 4. The largest absolute Gasteiger partial charge is 0.497 e. The SMILES string of the molecule is COc1cccc(NC(=O)C(Sc2nnnn2Cc2cccs2)c2ccccc2)c1. The van der Waals surface area contributed by atoms with Crippen LogP contribution in [0.2, 0.25) is 0 Å². The minimum atomic E-state index is -0.523. The molecule has 0 bridgehead atoms. The lowest BCUT2D eigenvalue weighted by atomic mass is 10.1. The fraction of sp³-hybridized carbons (Fsp3) is 0.143. The van der Waals surface area contributed by atoms with E-state index < -0.39 is 5.25 Å². The number of thiophene rings is 1. The molecule has 1 unspecified atom stereocenters. The van der Waals surface area contributed by atoms with E-state index in [2.05, 4.69) is 20.8 Å². The Labute approximate surface area is 182 Å². The monoisotopic (exact) mass is 437 g/mol. The predicted octanol–water partition coefficient (Wildman–Crippen LogP) is 4.26. The summed E-state index contributed by atoms with van der Waals surface area (Å²) in [5.41, 5.74) is 1.53. The normalized spacial score (nSPS) is 11.8. The summed E-state index contributed by atoms with van der Waals surface area (Å²) in [4.78, 5) is 14.4. The number of nitrogens with one attached hydrogen (secondary N) is 1. The topological polar surface area (TPSA) is 81.9 Å². The summed E-state index contributed by atoms with van der Waals surface area (Å²) >= 11 is 2.96. The van der Waals surface area contributed by atoms with Gasteiger partial charge in [0, 0.05) is 16.6 Å². The van der Waals surface area contributed by atoms with Gasteiger partial charge in [-0.1, -0.05) is 54.2 Å². The minimum Gasteiger partial charge on any atom is -0.497 e. The van der Waals surface area contributed by atoms with Gasteiger partial charge in [-0.15, -0.1) is 16.4 Å². The van der Waals surface area contributed by atoms with Crippen LogP contribution in [0.15, 0.2) is 77.3 Å². The Kier molecular flexibility index (Phi) is 6.41. The highest BCUT2D eigenvalue weighted by Crippen LogP contribution is 2.35. The van der Waals surface area contributed by atoms with Crippen molar-refractivity contribution in [3.05, 3.63) is 82.6 Å². The number of tetrazole rings is 1. The van der Waals surface area contributed by atoms with Gasteiger partial charge < -0.3 is 10.1 Å². The van der Waals surface area contributed by atoms with Crippen molar-refractivity contribution in [1.29, 1.82) is 0 Å². The first kappa shape index (κ1) is 20.1. The number of methoxy groups -OCH3 is 1. The number of hydrogen-bond donors (Lipinski definition) is 1. The second-order valence-corrected chi connectivity index (χ2v) is 8.43. The zero-order valence-electron chi connectivity index (χ0n) is 16.1. The predicted molar refractivity (Wildman–Crippen MR) is 118 cm³/mol. The maximum Gasteiger partial charge on any atom is 0.242 e. The van der Waals surface area contributed by atoms with Crippen LogP contribution >= 0.6 is 23.1 Å². The van der Waals surface area contributed by atoms with Gasteiger partial charge in [0.1, 0.15) is 11.0 Å². The molecule has 0 saturated carbocycles. The number of benzene rings is 2. The fourth-order valence-corrected chi connectivity index (χ4v) is 4.51. The van der Waals surface area contributed by atoms with Crippen LogP contribution in [0.5, 0.6) is 5.75 Å².